The highest BCUT2D eigenvalue weighted by molar-refractivity contribution is 7.62. The molecule has 0 unspecified atom stereocenters. The highest BCUT2D eigenvalue weighted by atomic mass is 31.2. The molecule has 0 saturated carbocycles. The number of anilines is 2. The second-order valence-corrected chi connectivity index (χ2v) is 7.07. The van der Waals surface area contributed by atoms with Crippen molar-refractivity contribution in [1.29, 1.82) is 0 Å². The first kappa shape index (κ1) is 15.6. The SMILES string of the molecule is CCOP(=O)(N(C)c1ccccc1)N(C)c1ccccc1. The molecule has 0 spiro atoms. The van der Waals surface area contributed by atoms with E-state index in [4.69, 9.17) is 4.52 Å². The van der Waals surface area contributed by atoms with E-state index in [0.717, 1.165) is 11.4 Å². The molecule has 0 aromatic heterocycles. The fourth-order valence-corrected chi connectivity index (χ4v) is 4.06. The molecule has 21 heavy (non-hydrogen) atoms. The Balaban J connectivity index is 2.38. The molecule has 4 nitrogen and oxygen atoms in total. The molecule has 0 aliphatic rings. The summed E-state index contributed by atoms with van der Waals surface area (Å²) in [6, 6.07) is 19.2. The Hall–Kier alpha value is -1.77. The van der Waals surface area contributed by atoms with Crippen molar-refractivity contribution in [2.24, 2.45) is 0 Å². The van der Waals surface area contributed by atoms with Gasteiger partial charge in [0.05, 0.1) is 6.61 Å². The highest BCUT2D eigenvalue weighted by Crippen LogP contribution is 2.55. The van der Waals surface area contributed by atoms with Crippen molar-refractivity contribution in [2.45, 2.75) is 6.92 Å². The minimum Gasteiger partial charge on any atom is -0.298 e. The standard InChI is InChI=1S/C16H21N2O2P/c1-4-20-21(19,17(2)15-11-7-5-8-12-15)18(3)16-13-9-6-10-14-16/h5-14H,4H2,1-3H3. The lowest BCUT2D eigenvalue weighted by atomic mass is 10.3. The van der Waals surface area contributed by atoms with Crippen LogP contribution < -0.4 is 9.34 Å². The molecule has 0 aliphatic carbocycles. The Morgan fingerprint density at radius 2 is 1.24 bits per heavy atom. The van der Waals surface area contributed by atoms with Gasteiger partial charge in [0.1, 0.15) is 0 Å². The van der Waals surface area contributed by atoms with Gasteiger partial charge >= 0.3 is 7.67 Å². The fraction of sp³-hybridized carbons (Fsp3) is 0.250. The normalized spacial score (nSPS) is 11.2. The third-order valence-electron chi connectivity index (χ3n) is 3.32. The van der Waals surface area contributed by atoms with Gasteiger partial charge in [0.25, 0.3) is 0 Å². The maximum Gasteiger partial charge on any atom is 0.396 e. The van der Waals surface area contributed by atoms with Crippen molar-refractivity contribution in [3.05, 3.63) is 60.7 Å². The summed E-state index contributed by atoms with van der Waals surface area (Å²) in [5, 5.41) is 0. The molecule has 0 heterocycles. The van der Waals surface area contributed by atoms with Crippen LogP contribution in [-0.2, 0) is 9.09 Å². The lowest BCUT2D eigenvalue weighted by molar-refractivity contribution is 0.330. The van der Waals surface area contributed by atoms with Crippen LogP contribution in [0.2, 0.25) is 0 Å². The Morgan fingerprint density at radius 3 is 1.57 bits per heavy atom. The van der Waals surface area contributed by atoms with Crippen LogP contribution in [-0.4, -0.2) is 20.7 Å². The Bertz CT molecular complexity index is 555. The lowest BCUT2D eigenvalue weighted by Crippen LogP contribution is -2.28. The first-order valence-corrected chi connectivity index (χ1v) is 8.45. The average Bonchev–Trinajstić information content (AvgIpc) is 2.55. The van der Waals surface area contributed by atoms with E-state index in [2.05, 4.69) is 0 Å². The zero-order chi connectivity index (χ0) is 15.3. The molecule has 0 fully saturated rings. The summed E-state index contributed by atoms with van der Waals surface area (Å²) in [6.45, 7) is 2.23. The van der Waals surface area contributed by atoms with Crippen LogP contribution >= 0.6 is 7.67 Å². The van der Waals surface area contributed by atoms with Gasteiger partial charge in [-0.2, -0.15) is 0 Å². The van der Waals surface area contributed by atoms with E-state index < -0.39 is 7.67 Å². The molecule has 0 atom stereocenters. The molecular formula is C16H21N2O2P. The van der Waals surface area contributed by atoms with Crippen molar-refractivity contribution >= 4 is 19.0 Å². The Morgan fingerprint density at radius 1 is 0.857 bits per heavy atom. The average molecular weight is 304 g/mol. The van der Waals surface area contributed by atoms with E-state index in [1.807, 2.05) is 67.6 Å². The highest BCUT2D eigenvalue weighted by Gasteiger charge is 2.34. The summed E-state index contributed by atoms with van der Waals surface area (Å²) in [5.74, 6) is 0. The molecule has 0 aliphatic heterocycles. The molecular weight excluding hydrogens is 283 g/mol. The Kier molecular flexibility index (Phi) is 5.05. The van der Waals surface area contributed by atoms with E-state index >= 15 is 0 Å². The van der Waals surface area contributed by atoms with Crippen LogP contribution in [0.3, 0.4) is 0 Å². The zero-order valence-electron chi connectivity index (χ0n) is 12.6. The predicted octanol–water partition coefficient (Wildman–Crippen LogP) is 4.40. The van der Waals surface area contributed by atoms with Gasteiger partial charge in [-0.1, -0.05) is 36.4 Å². The fourth-order valence-electron chi connectivity index (χ4n) is 2.12. The van der Waals surface area contributed by atoms with Crippen LogP contribution in [0, 0.1) is 0 Å². The minimum atomic E-state index is -3.18. The van der Waals surface area contributed by atoms with Gasteiger partial charge < -0.3 is 0 Å². The van der Waals surface area contributed by atoms with Crippen LogP contribution in [0.25, 0.3) is 0 Å². The Labute approximate surface area is 126 Å². The number of nitrogens with zero attached hydrogens (tertiary/aromatic N) is 2. The van der Waals surface area contributed by atoms with Gasteiger partial charge in [-0.05, 0) is 31.2 Å². The van der Waals surface area contributed by atoms with Gasteiger partial charge in [-0.3, -0.25) is 13.9 Å². The maximum absolute atomic E-state index is 13.4. The van der Waals surface area contributed by atoms with E-state index in [9.17, 15) is 4.57 Å². The summed E-state index contributed by atoms with van der Waals surface area (Å²) >= 11 is 0. The molecule has 0 saturated heterocycles. The molecule has 0 radical (unpaired) electrons. The molecule has 0 N–H and O–H groups in total. The third-order valence-corrected chi connectivity index (χ3v) is 5.89. The second-order valence-electron chi connectivity index (χ2n) is 4.63. The maximum atomic E-state index is 13.4. The summed E-state index contributed by atoms with van der Waals surface area (Å²) in [4.78, 5) is 0. The smallest absolute Gasteiger partial charge is 0.298 e. The summed E-state index contributed by atoms with van der Waals surface area (Å²) in [6.07, 6.45) is 0. The van der Waals surface area contributed by atoms with E-state index in [1.165, 1.54) is 0 Å². The summed E-state index contributed by atoms with van der Waals surface area (Å²) < 4.78 is 22.5. The number of benzene rings is 2. The van der Waals surface area contributed by atoms with E-state index in [-0.39, 0.29) is 0 Å². The first-order chi connectivity index (χ1) is 10.1. The summed E-state index contributed by atoms with van der Waals surface area (Å²) in [5.41, 5.74) is 1.72. The minimum absolute atomic E-state index is 0.381. The van der Waals surface area contributed by atoms with Crippen LogP contribution in [0.1, 0.15) is 6.92 Å². The van der Waals surface area contributed by atoms with Gasteiger partial charge in [-0.25, -0.2) is 4.57 Å². The number of para-hydroxylation sites is 2. The van der Waals surface area contributed by atoms with Crippen molar-refractivity contribution in [2.75, 3.05) is 30.0 Å². The largest absolute Gasteiger partial charge is 0.396 e. The van der Waals surface area contributed by atoms with Gasteiger partial charge in [0, 0.05) is 25.5 Å². The first-order valence-electron chi connectivity index (χ1n) is 6.92. The van der Waals surface area contributed by atoms with Gasteiger partial charge in [0.2, 0.25) is 0 Å². The number of rotatable bonds is 6. The monoisotopic (exact) mass is 304 g/mol. The van der Waals surface area contributed by atoms with Crippen molar-refractivity contribution in [1.82, 2.24) is 0 Å². The number of hydrogen-bond acceptors (Lipinski definition) is 2. The predicted molar refractivity (Wildman–Crippen MR) is 88.9 cm³/mol. The van der Waals surface area contributed by atoms with E-state index in [1.54, 1.807) is 23.4 Å². The van der Waals surface area contributed by atoms with Crippen molar-refractivity contribution in [3.8, 4) is 0 Å². The zero-order valence-corrected chi connectivity index (χ0v) is 13.5. The van der Waals surface area contributed by atoms with Crippen molar-refractivity contribution < 1.29 is 9.09 Å². The van der Waals surface area contributed by atoms with Crippen LogP contribution in [0.15, 0.2) is 60.7 Å². The molecule has 0 amide bonds. The molecule has 5 heteroatoms. The topological polar surface area (TPSA) is 32.8 Å². The second kappa shape index (κ2) is 6.79. The van der Waals surface area contributed by atoms with Gasteiger partial charge in [-0.15, -0.1) is 0 Å². The number of hydrogen-bond donors (Lipinski definition) is 0. The van der Waals surface area contributed by atoms with Crippen LogP contribution in [0.5, 0.6) is 0 Å². The quantitative estimate of drug-likeness (QED) is 0.740. The lowest BCUT2D eigenvalue weighted by Gasteiger charge is -2.36. The van der Waals surface area contributed by atoms with E-state index in [0.29, 0.717) is 6.61 Å². The molecule has 2 aromatic rings. The molecule has 112 valence electrons. The summed E-state index contributed by atoms with van der Waals surface area (Å²) in [7, 11) is 0.415. The van der Waals surface area contributed by atoms with Gasteiger partial charge in [0.15, 0.2) is 0 Å². The molecule has 2 rings (SSSR count). The third kappa shape index (κ3) is 3.29. The molecule has 0 bridgehead atoms. The van der Waals surface area contributed by atoms with Crippen molar-refractivity contribution in [3.63, 3.8) is 0 Å². The van der Waals surface area contributed by atoms with Crippen LogP contribution in [0.4, 0.5) is 11.4 Å². The molecule has 2 aromatic carbocycles.